The predicted octanol–water partition coefficient (Wildman–Crippen LogP) is 5.87. The van der Waals surface area contributed by atoms with Crippen LogP contribution in [0.1, 0.15) is 75.3 Å². The molecular formula is C28H34O4. The maximum atomic E-state index is 12.6. The SMILES string of the molecule is CCCOc1cccc(CCCC(=O)CCC(CC2C(=O)CCC2=O)c2ccccc2)c1. The lowest BCUT2D eigenvalue weighted by Gasteiger charge is -2.19. The van der Waals surface area contributed by atoms with E-state index in [0.29, 0.717) is 45.1 Å². The number of carbonyl (C=O) groups is 3. The van der Waals surface area contributed by atoms with Gasteiger partial charge in [-0.25, -0.2) is 0 Å². The molecule has 0 spiro atoms. The Balaban J connectivity index is 1.49. The van der Waals surface area contributed by atoms with E-state index >= 15 is 0 Å². The lowest BCUT2D eigenvalue weighted by atomic mass is 9.83. The number of carbonyl (C=O) groups excluding carboxylic acids is 3. The topological polar surface area (TPSA) is 60.4 Å². The zero-order valence-corrected chi connectivity index (χ0v) is 19.1. The fraction of sp³-hybridized carbons (Fsp3) is 0.464. The molecule has 1 atom stereocenters. The molecule has 1 fully saturated rings. The van der Waals surface area contributed by atoms with E-state index in [9.17, 15) is 14.4 Å². The number of Topliss-reactive ketones (excluding diaryl/α,β-unsaturated/α-hetero) is 3. The molecule has 170 valence electrons. The van der Waals surface area contributed by atoms with Gasteiger partial charge in [0.1, 0.15) is 23.1 Å². The first-order valence-electron chi connectivity index (χ1n) is 11.9. The van der Waals surface area contributed by atoms with Gasteiger partial charge >= 0.3 is 0 Å². The van der Waals surface area contributed by atoms with Crippen LogP contribution >= 0.6 is 0 Å². The van der Waals surface area contributed by atoms with Crippen molar-refractivity contribution < 1.29 is 19.1 Å². The molecule has 0 aromatic heterocycles. The van der Waals surface area contributed by atoms with E-state index in [2.05, 4.69) is 19.1 Å². The molecule has 4 heteroatoms. The highest BCUT2D eigenvalue weighted by Crippen LogP contribution is 2.33. The van der Waals surface area contributed by atoms with Crippen LogP contribution in [0.15, 0.2) is 54.6 Å². The second kappa shape index (κ2) is 12.3. The minimum atomic E-state index is -0.488. The molecule has 0 saturated heterocycles. The van der Waals surface area contributed by atoms with Crippen LogP contribution in [0.3, 0.4) is 0 Å². The maximum absolute atomic E-state index is 12.6. The minimum Gasteiger partial charge on any atom is -0.494 e. The first kappa shape index (κ1) is 23.9. The molecule has 1 unspecified atom stereocenters. The van der Waals surface area contributed by atoms with E-state index in [1.54, 1.807) is 0 Å². The Morgan fingerprint density at radius 2 is 1.75 bits per heavy atom. The highest BCUT2D eigenvalue weighted by molar-refractivity contribution is 6.08. The first-order chi connectivity index (χ1) is 15.6. The van der Waals surface area contributed by atoms with Crippen LogP contribution in [0.25, 0.3) is 0 Å². The Morgan fingerprint density at radius 1 is 1.00 bits per heavy atom. The average molecular weight is 435 g/mol. The van der Waals surface area contributed by atoms with Crippen LogP contribution in [0.4, 0.5) is 0 Å². The summed E-state index contributed by atoms with van der Waals surface area (Å²) in [7, 11) is 0. The van der Waals surface area contributed by atoms with E-state index in [1.165, 1.54) is 5.56 Å². The third kappa shape index (κ3) is 7.15. The Bertz CT molecular complexity index is 887. The van der Waals surface area contributed by atoms with Gasteiger partial charge in [0.25, 0.3) is 0 Å². The highest BCUT2D eigenvalue weighted by Gasteiger charge is 2.34. The molecule has 3 rings (SSSR count). The van der Waals surface area contributed by atoms with Crippen molar-refractivity contribution in [1.29, 1.82) is 0 Å². The lowest BCUT2D eigenvalue weighted by Crippen LogP contribution is -2.18. The molecule has 32 heavy (non-hydrogen) atoms. The standard InChI is InChI=1S/C28H34O4/c1-2-18-32-25-13-7-9-21(19-25)8-6-12-24(29)15-14-23(22-10-4-3-5-11-22)20-26-27(30)16-17-28(26)31/h3-5,7,9-11,13,19,23,26H,2,6,8,12,14-18,20H2,1H3. The molecule has 0 radical (unpaired) electrons. The lowest BCUT2D eigenvalue weighted by molar-refractivity contribution is -0.127. The smallest absolute Gasteiger partial charge is 0.143 e. The van der Waals surface area contributed by atoms with Crippen molar-refractivity contribution in [2.45, 2.75) is 70.6 Å². The molecule has 2 aromatic rings. The predicted molar refractivity (Wildman–Crippen MR) is 126 cm³/mol. The number of ether oxygens (including phenoxy) is 1. The summed E-state index contributed by atoms with van der Waals surface area (Å²) in [5, 5.41) is 0. The van der Waals surface area contributed by atoms with Crippen LogP contribution in [0.5, 0.6) is 5.75 Å². The zero-order valence-electron chi connectivity index (χ0n) is 19.1. The van der Waals surface area contributed by atoms with Gasteiger partial charge in [-0.3, -0.25) is 14.4 Å². The summed E-state index contributed by atoms with van der Waals surface area (Å²) in [6.45, 7) is 2.80. The molecule has 1 aliphatic rings. The average Bonchev–Trinajstić information content (AvgIpc) is 3.13. The van der Waals surface area contributed by atoms with Gasteiger partial charge in [-0.2, -0.15) is 0 Å². The Labute approximate surface area is 191 Å². The molecular weight excluding hydrogens is 400 g/mol. The van der Waals surface area contributed by atoms with Crippen LogP contribution in [-0.4, -0.2) is 24.0 Å². The number of benzene rings is 2. The van der Waals surface area contributed by atoms with Crippen molar-refractivity contribution in [3.05, 3.63) is 65.7 Å². The highest BCUT2D eigenvalue weighted by atomic mass is 16.5. The second-order valence-corrected chi connectivity index (χ2v) is 8.76. The van der Waals surface area contributed by atoms with E-state index in [1.807, 2.05) is 42.5 Å². The van der Waals surface area contributed by atoms with Gasteiger partial charge in [0.2, 0.25) is 0 Å². The second-order valence-electron chi connectivity index (χ2n) is 8.76. The fourth-order valence-corrected chi connectivity index (χ4v) is 4.43. The van der Waals surface area contributed by atoms with E-state index in [4.69, 9.17) is 4.74 Å². The summed E-state index contributed by atoms with van der Waals surface area (Å²) in [5.41, 5.74) is 2.29. The molecule has 0 aliphatic heterocycles. The molecule has 2 aromatic carbocycles. The molecule has 0 heterocycles. The number of hydrogen-bond acceptors (Lipinski definition) is 4. The van der Waals surface area contributed by atoms with Crippen LogP contribution in [-0.2, 0) is 20.8 Å². The molecule has 0 bridgehead atoms. The number of rotatable bonds is 13. The van der Waals surface area contributed by atoms with Gasteiger partial charge < -0.3 is 4.74 Å². The van der Waals surface area contributed by atoms with Crippen LogP contribution in [0.2, 0.25) is 0 Å². The van der Waals surface area contributed by atoms with Crippen molar-refractivity contribution in [2.24, 2.45) is 5.92 Å². The van der Waals surface area contributed by atoms with Crippen molar-refractivity contribution in [3.63, 3.8) is 0 Å². The third-order valence-corrected chi connectivity index (χ3v) is 6.25. The molecule has 0 N–H and O–H groups in total. The van der Waals surface area contributed by atoms with Gasteiger partial charge in [-0.1, -0.05) is 49.4 Å². The Hall–Kier alpha value is -2.75. The van der Waals surface area contributed by atoms with Crippen molar-refractivity contribution in [1.82, 2.24) is 0 Å². The largest absolute Gasteiger partial charge is 0.494 e. The van der Waals surface area contributed by atoms with E-state index in [-0.39, 0.29) is 23.3 Å². The van der Waals surface area contributed by atoms with Crippen molar-refractivity contribution >= 4 is 17.3 Å². The van der Waals surface area contributed by atoms with Crippen molar-refractivity contribution in [3.8, 4) is 5.75 Å². The van der Waals surface area contributed by atoms with Gasteiger partial charge in [0, 0.05) is 25.7 Å². The zero-order chi connectivity index (χ0) is 22.8. The number of hydrogen-bond donors (Lipinski definition) is 0. The van der Waals surface area contributed by atoms with Gasteiger partial charge in [0.15, 0.2) is 0 Å². The summed E-state index contributed by atoms with van der Waals surface area (Å²) in [5.74, 6) is 0.826. The van der Waals surface area contributed by atoms with Crippen molar-refractivity contribution in [2.75, 3.05) is 6.61 Å². The summed E-state index contributed by atoms with van der Waals surface area (Å²) in [4.78, 5) is 36.9. The molecule has 0 amide bonds. The molecule has 1 saturated carbocycles. The van der Waals surface area contributed by atoms with E-state index in [0.717, 1.165) is 30.6 Å². The third-order valence-electron chi connectivity index (χ3n) is 6.25. The Morgan fingerprint density at radius 3 is 2.47 bits per heavy atom. The fourth-order valence-electron chi connectivity index (χ4n) is 4.43. The van der Waals surface area contributed by atoms with Crippen LogP contribution in [0, 0.1) is 5.92 Å². The first-order valence-corrected chi connectivity index (χ1v) is 11.9. The summed E-state index contributed by atoms with van der Waals surface area (Å²) in [6.07, 6.45) is 5.61. The summed E-state index contributed by atoms with van der Waals surface area (Å²) in [6, 6.07) is 18.1. The van der Waals surface area contributed by atoms with Gasteiger partial charge in [0.05, 0.1) is 12.5 Å². The van der Waals surface area contributed by atoms with Gasteiger partial charge in [-0.15, -0.1) is 0 Å². The number of aryl methyl sites for hydroxylation is 1. The van der Waals surface area contributed by atoms with E-state index < -0.39 is 5.92 Å². The quantitative estimate of drug-likeness (QED) is 0.370. The monoisotopic (exact) mass is 434 g/mol. The Kier molecular flexibility index (Phi) is 9.21. The summed E-state index contributed by atoms with van der Waals surface area (Å²) < 4.78 is 5.68. The maximum Gasteiger partial charge on any atom is 0.143 e. The number of ketones is 3. The van der Waals surface area contributed by atoms with Gasteiger partial charge in [-0.05, 0) is 61.3 Å². The molecule has 1 aliphatic carbocycles. The summed E-state index contributed by atoms with van der Waals surface area (Å²) >= 11 is 0. The molecule has 4 nitrogen and oxygen atoms in total. The normalized spacial score (nSPS) is 15.2. The van der Waals surface area contributed by atoms with Crippen LogP contribution < -0.4 is 4.74 Å². The minimum absolute atomic E-state index is 0.0588.